The first-order valence-corrected chi connectivity index (χ1v) is 10.2. The first-order chi connectivity index (χ1) is 13.0. The lowest BCUT2D eigenvalue weighted by Gasteiger charge is -2.05. The highest BCUT2D eigenvalue weighted by atomic mass is 79.9. The Balaban J connectivity index is 0.00000392. The number of benzene rings is 1. The molecule has 0 fully saturated rings. The molecule has 0 spiro atoms. The van der Waals surface area contributed by atoms with Crippen molar-refractivity contribution in [2.45, 2.75) is 50.1 Å². The van der Waals surface area contributed by atoms with Gasteiger partial charge in [-0.05, 0) is 41.7 Å². The standard InChI is InChI=1S/C20H26N2O4S.BrH/c1-22-11-8-10-21-20(22)27-12-7-5-3-2-4-6-9-16(23)15-13-17(24)19(26)18(25)14-15;/h8,10-11,13-14H,2-7,9,12H2,1H3,(H2-,23,24,25,26);1H. The Morgan fingerprint density at radius 3 is 2.29 bits per heavy atom. The SMILES string of the molecule is C[n+]1cccnc1SCCCCCCCCC(=O)c1cc(O)c(O)c(O)c1.[Br-]. The molecule has 0 aliphatic heterocycles. The van der Waals surface area contributed by atoms with E-state index in [0.717, 1.165) is 49.4 Å². The molecule has 6 nitrogen and oxygen atoms in total. The number of hydrogen-bond donors (Lipinski definition) is 3. The number of ketones is 1. The highest BCUT2D eigenvalue weighted by Crippen LogP contribution is 2.35. The Bertz CT molecular complexity index is 751. The van der Waals surface area contributed by atoms with Crippen molar-refractivity contribution in [3.63, 3.8) is 0 Å². The molecular weight excluding hydrogens is 444 g/mol. The fraction of sp³-hybridized carbons (Fsp3) is 0.450. The zero-order chi connectivity index (χ0) is 19.6. The summed E-state index contributed by atoms with van der Waals surface area (Å²) in [6.45, 7) is 0. The lowest BCUT2D eigenvalue weighted by molar-refractivity contribution is -0.713. The summed E-state index contributed by atoms with van der Waals surface area (Å²) in [4.78, 5) is 16.4. The molecule has 0 radical (unpaired) electrons. The summed E-state index contributed by atoms with van der Waals surface area (Å²) in [6.07, 6.45) is 10.5. The second-order valence-corrected chi connectivity index (χ2v) is 7.58. The van der Waals surface area contributed by atoms with Gasteiger partial charge in [-0.1, -0.05) is 25.7 Å². The number of phenols is 3. The predicted octanol–water partition coefficient (Wildman–Crippen LogP) is 0.733. The minimum Gasteiger partial charge on any atom is -1.00 e. The molecule has 0 amide bonds. The second-order valence-electron chi connectivity index (χ2n) is 6.52. The van der Waals surface area contributed by atoms with Crippen molar-refractivity contribution < 1.29 is 41.7 Å². The number of thioether (sulfide) groups is 1. The summed E-state index contributed by atoms with van der Waals surface area (Å²) in [7, 11) is 2.00. The lowest BCUT2D eigenvalue weighted by atomic mass is 10.0. The zero-order valence-corrected chi connectivity index (χ0v) is 18.4. The van der Waals surface area contributed by atoms with Crippen molar-refractivity contribution in [3.05, 3.63) is 36.2 Å². The van der Waals surface area contributed by atoms with E-state index in [1.165, 1.54) is 12.1 Å². The van der Waals surface area contributed by atoms with Crippen LogP contribution in [0.15, 0.2) is 35.7 Å². The van der Waals surface area contributed by atoms with Crippen LogP contribution in [0.4, 0.5) is 0 Å². The summed E-state index contributed by atoms with van der Waals surface area (Å²) in [6, 6.07) is 4.30. The van der Waals surface area contributed by atoms with Gasteiger partial charge < -0.3 is 32.3 Å². The van der Waals surface area contributed by atoms with Crippen molar-refractivity contribution in [1.82, 2.24) is 4.98 Å². The molecule has 0 bridgehead atoms. The number of aromatic nitrogens is 2. The van der Waals surface area contributed by atoms with Crippen LogP contribution < -0.4 is 21.5 Å². The topological polar surface area (TPSA) is 94.5 Å². The van der Waals surface area contributed by atoms with E-state index in [9.17, 15) is 20.1 Å². The number of aromatic hydroxyl groups is 3. The summed E-state index contributed by atoms with van der Waals surface area (Å²) in [5.41, 5.74) is 0.225. The average molecular weight is 471 g/mol. The maximum atomic E-state index is 12.1. The molecule has 1 heterocycles. The van der Waals surface area contributed by atoms with Gasteiger partial charge in [0.05, 0.1) is 13.2 Å². The number of rotatable bonds is 11. The summed E-state index contributed by atoms with van der Waals surface area (Å²) < 4.78 is 2.02. The highest BCUT2D eigenvalue weighted by molar-refractivity contribution is 7.99. The Hall–Kier alpha value is -1.80. The first kappa shape index (κ1) is 24.2. The molecule has 3 N–H and O–H groups in total. The number of halogens is 1. The number of unbranched alkanes of at least 4 members (excludes halogenated alkanes) is 5. The van der Waals surface area contributed by atoms with Crippen LogP contribution in [0, 0.1) is 0 Å². The molecule has 1 aromatic heterocycles. The van der Waals surface area contributed by atoms with Crippen molar-refractivity contribution in [2.24, 2.45) is 7.05 Å². The van der Waals surface area contributed by atoms with Crippen molar-refractivity contribution in [1.29, 1.82) is 0 Å². The molecule has 1 aromatic carbocycles. The Morgan fingerprint density at radius 1 is 1.04 bits per heavy atom. The van der Waals surface area contributed by atoms with E-state index in [4.69, 9.17) is 0 Å². The van der Waals surface area contributed by atoms with Gasteiger partial charge in [0.15, 0.2) is 23.0 Å². The van der Waals surface area contributed by atoms with Crippen LogP contribution in [-0.4, -0.2) is 31.8 Å². The third kappa shape index (κ3) is 7.67. The summed E-state index contributed by atoms with van der Waals surface area (Å²) >= 11 is 1.77. The van der Waals surface area contributed by atoms with Crippen LogP contribution in [-0.2, 0) is 7.05 Å². The number of carbonyl (C=O) groups is 1. The van der Waals surface area contributed by atoms with Crippen LogP contribution in [0.2, 0.25) is 0 Å². The lowest BCUT2D eigenvalue weighted by Crippen LogP contribution is -3.00. The van der Waals surface area contributed by atoms with E-state index in [1.807, 2.05) is 30.1 Å². The van der Waals surface area contributed by atoms with Gasteiger partial charge >= 0.3 is 5.16 Å². The molecule has 0 atom stereocenters. The van der Waals surface area contributed by atoms with Crippen LogP contribution in [0.3, 0.4) is 0 Å². The van der Waals surface area contributed by atoms with Crippen molar-refractivity contribution >= 4 is 17.5 Å². The number of Topliss-reactive ketones (excluding diaryl/α,β-unsaturated/α-hetero) is 1. The molecule has 0 saturated heterocycles. The Kier molecular flexibility index (Phi) is 10.9. The summed E-state index contributed by atoms with van der Waals surface area (Å²) in [5.74, 6) is -0.634. The monoisotopic (exact) mass is 470 g/mol. The van der Waals surface area contributed by atoms with Gasteiger partial charge in [-0.3, -0.25) is 4.79 Å². The molecule has 0 saturated carbocycles. The number of nitrogens with zero attached hydrogens (tertiary/aromatic N) is 2. The second kappa shape index (κ2) is 12.6. The minimum atomic E-state index is -0.596. The van der Waals surface area contributed by atoms with Gasteiger partial charge in [0.2, 0.25) is 0 Å². The molecule has 154 valence electrons. The Labute approximate surface area is 180 Å². The quantitative estimate of drug-likeness (QED) is 0.112. The fourth-order valence-corrected chi connectivity index (χ4v) is 3.67. The van der Waals surface area contributed by atoms with E-state index in [2.05, 4.69) is 4.98 Å². The third-order valence-electron chi connectivity index (χ3n) is 4.30. The Morgan fingerprint density at radius 2 is 1.64 bits per heavy atom. The maximum Gasteiger partial charge on any atom is 0.358 e. The fourth-order valence-electron chi connectivity index (χ4n) is 2.74. The average Bonchev–Trinajstić information content (AvgIpc) is 2.65. The largest absolute Gasteiger partial charge is 1.00 e. The van der Waals surface area contributed by atoms with Crippen LogP contribution >= 0.6 is 11.8 Å². The molecule has 28 heavy (non-hydrogen) atoms. The molecule has 8 heteroatoms. The molecular formula is C20H27BrN2O4S. The zero-order valence-electron chi connectivity index (χ0n) is 16.0. The van der Waals surface area contributed by atoms with Crippen LogP contribution in [0.25, 0.3) is 0 Å². The van der Waals surface area contributed by atoms with Gasteiger partial charge in [-0.2, -0.15) is 0 Å². The van der Waals surface area contributed by atoms with Crippen LogP contribution in [0.1, 0.15) is 55.3 Å². The molecule has 0 aliphatic carbocycles. The minimum absolute atomic E-state index is 0. The molecule has 0 aliphatic rings. The molecule has 2 aromatic rings. The molecule has 2 rings (SSSR count). The van der Waals surface area contributed by atoms with Gasteiger partial charge in [-0.25, -0.2) is 4.57 Å². The predicted molar refractivity (Wildman–Crippen MR) is 104 cm³/mol. The van der Waals surface area contributed by atoms with E-state index in [1.54, 1.807) is 11.8 Å². The third-order valence-corrected chi connectivity index (χ3v) is 5.45. The van der Waals surface area contributed by atoms with Gasteiger partial charge in [0, 0.05) is 23.8 Å². The summed E-state index contributed by atoms with van der Waals surface area (Å²) in [5, 5.41) is 29.3. The smallest absolute Gasteiger partial charge is 0.358 e. The maximum absolute atomic E-state index is 12.1. The number of carbonyl (C=O) groups excluding carboxylic acids is 1. The van der Waals surface area contributed by atoms with Crippen LogP contribution in [0.5, 0.6) is 17.2 Å². The van der Waals surface area contributed by atoms with Gasteiger partial charge in [0.1, 0.15) is 6.20 Å². The van der Waals surface area contributed by atoms with Crippen molar-refractivity contribution in [3.8, 4) is 17.2 Å². The van der Waals surface area contributed by atoms with Gasteiger partial charge in [0.25, 0.3) is 0 Å². The molecule has 0 unspecified atom stereocenters. The van der Waals surface area contributed by atoms with E-state index >= 15 is 0 Å². The number of aryl methyl sites for hydroxylation is 1. The first-order valence-electron chi connectivity index (χ1n) is 9.20. The van der Waals surface area contributed by atoms with Crippen molar-refractivity contribution in [2.75, 3.05) is 5.75 Å². The van der Waals surface area contributed by atoms with E-state index in [0.29, 0.717) is 6.42 Å². The number of phenolic OH excluding ortho intramolecular Hbond substituents is 3. The van der Waals surface area contributed by atoms with E-state index in [-0.39, 0.29) is 28.3 Å². The normalized spacial score (nSPS) is 10.5. The van der Waals surface area contributed by atoms with Gasteiger partial charge in [-0.15, -0.1) is 0 Å². The number of hydrogen-bond acceptors (Lipinski definition) is 6. The van der Waals surface area contributed by atoms with E-state index < -0.39 is 17.2 Å². The highest BCUT2D eigenvalue weighted by Gasteiger charge is 2.13.